The summed E-state index contributed by atoms with van der Waals surface area (Å²) in [7, 11) is 0. The number of nitrogens with one attached hydrogen (secondary N) is 1. The molecule has 2 aromatic rings. The van der Waals surface area contributed by atoms with Crippen molar-refractivity contribution in [3.63, 3.8) is 0 Å². The molecule has 0 unspecified atom stereocenters. The van der Waals surface area contributed by atoms with Gasteiger partial charge in [-0.1, -0.05) is 0 Å². The maximum atomic E-state index is 12.2. The molecule has 2 aromatic heterocycles. The van der Waals surface area contributed by atoms with Gasteiger partial charge in [0, 0.05) is 18.7 Å². The first-order valence-electron chi connectivity index (χ1n) is 6.74. The number of pyridine rings is 1. The number of ketones is 1. The van der Waals surface area contributed by atoms with Gasteiger partial charge in [0.05, 0.1) is 11.1 Å². The van der Waals surface area contributed by atoms with Crippen molar-refractivity contribution in [2.45, 2.75) is 26.7 Å². The maximum Gasteiger partial charge on any atom is 0.261 e. The smallest absolute Gasteiger partial charge is 0.261 e. The molecule has 0 amide bonds. The summed E-state index contributed by atoms with van der Waals surface area (Å²) in [6.07, 6.45) is 2.22. The molecule has 6 nitrogen and oxygen atoms in total. The summed E-state index contributed by atoms with van der Waals surface area (Å²) in [6, 6.07) is 1.58. The first-order chi connectivity index (χ1) is 9.56. The van der Waals surface area contributed by atoms with E-state index in [0.717, 1.165) is 25.9 Å². The Kier molecular flexibility index (Phi) is 3.00. The number of Topliss-reactive ketones (excluding diaryl/α,β-unsaturated/α-hetero) is 1. The van der Waals surface area contributed by atoms with E-state index in [0.29, 0.717) is 28.2 Å². The third-order valence-electron chi connectivity index (χ3n) is 3.66. The predicted molar refractivity (Wildman–Crippen MR) is 76.3 cm³/mol. The Balaban J connectivity index is 2.19. The molecule has 0 saturated carbocycles. The Bertz CT molecular complexity index is 745. The number of hydrogen-bond acceptors (Lipinski definition) is 5. The van der Waals surface area contributed by atoms with E-state index < -0.39 is 0 Å². The molecule has 20 heavy (non-hydrogen) atoms. The van der Waals surface area contributed by atoms with Crippen molar-refractivity contribution in [3.05, 3.63) is 27.7 Å². The molecular formula is C14H16N4O2. The van der Waals surface area contributed by atoms with E-state index in [1.54, 1.807) is 13.0 Å². The highest BCUT2D eigenvalue weighted by molar-refractivity contribution is 5.98. The molecule has 104 valence electrons. The van der Waals surface area contributed by atoms with Gasteiger partial charge in [-0.2, -0.15) is 4.98 Å². The van der Waals surface area contributed by atoms with Gasteiger partial charge in [-0.15, -0.1) is 0 Å². The Morgan fingerprint density at radius 3 is 2.65 bits per heavy atom. The van der Waals surface area contributed by atoms with Crippen molar-refractivity contribution in [2.75, 3.05) is 18.0 Å². The molecule has 0 bridgehead atoms. The van der Waals surface area contributed by atoms with E-state index >= 15 is 0 Å². The number of aromatic amines is 1. The second-order valence-electron chi connectivity index (χ2n) is 5.13. The molecule has 1 aliphatic heterocycles. The van der Waals surface area contributed by atoms with Gasteiger partial charge in [0.25, 0.3) is 5.56 Å². The molecular weight excluding hydrogens is 256 g/mol. The molecule has 3 rings (SSSR count). The molecule has 1 aliphatic rings. The fourth-order valence-corrected chi connectivity index (χ4v) is 2.58. The summed E-state index contributed by atoms with van der Waals surface area (Å²) in [5.74, 6) is 0.474. The minimum atomic E-state index is -0.244. The second kappa shape index (κ2) is 4.70. The highest BCUT2D eigenvalue weighted by Gasteiger charge is 2.17. The number of anilines is 1. The van der Waals surface area contributed by atoms with Crippen LogP contribution in [0.2, 0.25) is 0 Å². The summed E-state index contributed by atoms with van der Waals surface area (Å²) in [6.45, 7) is 5.03. The molecule has 0 spiro atoms. The first kappa shape index (κ1) is 12.8. The lowest BCUT2D eigenvalue weighted by atomic mass is 10.1. The van der Waals surface area contributed by atoms with E-state index in [2.05, 4.69) is 19.9 Å². The number of aryl methyl sites for hydroxylation is 1. The van der Waals surface area contributed by atoms with Gasteiger partial charge in [0.1, 0.15) is 0 Å². The van der Waals surface area contributed by atoms with Crippen LogP contribution in [-0.4, -0.2) is 33.8 Å². The average molecular weight is 272 g/mol. The quantitative estimate of drug-likeness (QED) is 0.837. The number of carbonyl (C=O) groups excluding carboxylic acids is 1. The maximum absolute atomic E-state index is 12.2. The van der Waals surface area contributed by atoms with Crippen molar-refractivity contribution >= 4 is 22.8 Å². The second-order valence-corrected chi connectivity index (χ2v) is 5.13. The Hall–Kier alpha value is -2.24. The average Bonchev–Trinajstić information content (AvgIpc) is 2.91. The molecule has 1 saturated heterocycles. The zero-order valence-electron chi connectivity index (χ0n) is 11.6. The number of nitrogens with zero attached hydrogens (tertiary/aromatic N) is 3. The topological polar surface area (TPSA) is 79.0 Å². The lowest BCUT2D eigenvalue weighted by Gasteiger charge is -2.15. The van der Waals surface area contributed by atoms with Crippen LogP contribution in [0.1, 0.15) is 35.8 Å². The van der Waals surface area contributed by atoms with Gasteiger partial charge in [0.15, 0.2) is 11.4 Å². The monoisotopic (exact) mass is 272 g/mol. The first-order valence-corrected chi connectivity index (χ1v) is 6.74. The molecule has 3 heterocycles. The van der Waals surface area contributed by atoms with Gasteiger partial charge >= 0.3 is 0 Å². The van der Waals surface area contributed by atoms with Gasteiger partial charge in [0.2, 0.25) is 5.95 Å². The van der Waals surface area contributed by atoms with Crippen LogP contribution in [0.15, 0.2) is 10.9 Å². The van der Waals surface area contributed by atoms with Crippen LogP contribution < -0.4 is 10.5 Å². The predicted octanol–water partition coefficient (Wildman–Crippen LogP) is 1.43. The van der Waals surface area contributed by atoms with Crippen molar-refractivity contribution in [2.24, 2.45) is 0 Å². The van der Waals surface area contributed by atoms with E-state index in [9.17, 15) is 9.59 Å². The normalized spacial score (nSPS) is 15.0. The zero-order chi connectivity index (χ0) is 14.3. The van der Waals surface area contributed by atoms with Crippen LogP contribution in [0.4, 0.5) is 5.95 Å². The number of aromatic nitrogens is 3. The number of fused-ring (bicyclic) bond motifs is 1. The largest absolute Gasteiger partial charge is 0.342 e. The summed E-state index contributed by atoms with van der Waals surface area (Å²) in [4.78, 5) is 37.3. The van der Waals surface area contributed by atoms with Gasteiger partial charge < -0.3 is 4.90 Å². The summed E-state index contributed by atoms with van der Waals surface area (Å²) < 4.78 is 0. The van der Waals surface area contributed by atoms with Crippen molar-refractivity contribution < 1.29 is 4.79 Å². The fraction of sp³-hybridized carbons (Fsp3) is 0.429. The SMILES string of the molecule is CC(=O)c1cc2c(=O)[nH]c(N3CCCC3)nc2nc1C. The number of H-pyrrole nitrogens is 1. The minimum absolute atomic E-state index is 0.0973. The van der Waals surface area contributed by atoms with Gasteiger partial charge in [-0.3, -0.25) is 14.6 Å². The van der Waals surface area contributed by atoms with Gasteiger partial charge in [-0.05, 0) is 32.8 Å². The number of hydrogen-bond donors (Lipinski definition) is 1. The lowest BCUT2D eigenvalue weighted by Crippen LogP contribution is -2.24. The van der Waals surface area contributed by atoms with E-state index in [4.69, 9.17) is 0 Å². The summed E-state index contributed by atoms with van der Waals surface area (Å²) in [5.41, 5.74) is 1.24. The van der Waals surface area contributed by atoms with Crippen LogP contribution in [0.3, 0.4) is 0 Å². The minimum Gasteiger partial charge on any atom is -0.342 e. The standard InChI is InChI=1S/C14H16N4O2/c1-8-10(9(2)19)7-11-12(15-8)16-14(17-13(11)20)18-5-3-4-6-18/h7H,3-6H2,1-2H3,(H,15,16,17,20). The molecule has 0 aromatic carbocycles. The van der Waals surface area contributed by atoms with Crippen molar-refractivity contribution in [1.29, 1.82) is 0 Å². The Morgan fingerprint density at radius 1 is 1.30 bits per heavy atom. The summed E-state index contributed by atoms with van der Waals surface area (Å²) >= 11 is 0. The highest BCUT2D eigenvalue weighted by Crippen LogP contribution is 2.18. The Labute approximate surface area is 115 Å². The molecule has 1 N–H and O–H groups in total. The van der Waals surface area contributed by atoms with Gasteiger partial charge in [-0.25, -0.2) is 4.98 Å². The molecule has 0 radical (unpaired) electrons. The van der Waals surface area contributed by atoms with Crippen LogP contribution in [0, 0.1) is 6.92 Å². The van der Waals surface area contributed by atoms with Crippen LogP contribution in [0.5, 0.6) is 0 Å². The Morgan fingerprint density at radius 2 is 2.00 bits per heavy atom. The zero-order valence-corrected chi connectivity index (χ0v) is 11.6. The molecule has 0 aliphatic carbocycles. The molecule has 0 atom stereocenters. The van der Waals surface area contributed by atoms with Crippen LogP contribution in [-0.2, 0) is 0 Å². The molecule has 6 heteroatoms. The fourth-order valence-electron chi connectivity index (χ4n) is 2.58. The van der Waals surface area contributed by atoms with E-state index in [1.807, 2.05) is 0 Å². The lowest BCUT2D eigenvalue weighted by molar-refractivity contribution is 0.101. The van der Waals surface area contributed by atoms with E-state index in [1.165, 1.54) is 6.92 Å². The van der Waals surface area contributed by atoms with Crippen LogP contribution >= 0.6 is 0 Å². The summed E-state index contributed by atoms with van der Waals surface area (Å²) in [5, 5.41) is 0.365. The van der Waals surface area contributed by atoms with Crippen molar-refractivity contribution in [3.8, 4) is 0 Å². The molecule has 1 fully saturated rings. The third-order valence-corrected chi connectivity index (χ3v) is 3.66. The highest BCUT2D eigenvalue weighted by atomic mass is 16.1. The van der Waals surface area contributed by atoms with Crippen LogP contribution in [0.25, 0.3) is 11.0 Å². The number of rotatable bonds is 2. The third kappa shape index (κ3) is 2.07. The number of carbonyl (C=O) groups is 1. The van der Waals surface area contributed by atoms with Crippen molar-refractivity contribution in [1.82, 2.24) is 15.0 Å². The van der Waals surface area contributed by atoms with E-state index in [-0.39, 0.29) is 11.3 Å².